The Labute approximate surface area is 203 Å². The number of carbonyl (C=O) groups excluding carboxylic acids is 3. The molecular formula is C18H37BrO12P2. The van der Waals surface area contributed by atoms with Gasteiger partial charge in [0.15, 0.2) is 12.2 Å². The number of halogens is 1. The first-order chi connectivity index (χ1) is 14.9. The van der Waals surface area contributed by atoms with Crippen molar-refractivity contribution in [3.05, 3.63) is 0 Å². The van der Waals surface area contributed by atoms with Crippen LogP contribution in [0, 0.1) is 5.92 Å². The Morgan fingerprint density at radius 3 is 1.27 bits per heavy atom. The van der Waals surface area contributed by atoms with E-state index in [4.69, 9.17) is 33.0 Å². The summed E-state index contributed by atoms with van der Waals surface area (Å²) >= 11 is 3.18. The predicted molar refractivity (Wildman–Crippen MR) is 125 cm³/mol. The number of alkyl halides is 1. The molecule has 0 fully saturated rings. The van der Waals surface area contributed by atoms with E-state index < -0.39 is 39.3 Å². The third-order valence-electron chi connectivity index (χ3n) is 2.86. The second-order valence-electron chi connectivity index (χ2n) is 6.41. The van der Waals surface area contributed by atoms with Gasteiger partial charge in [-0.1, -0.05) is 22.9 Å². The average molecular weight is 587 g/mol. The maximum absolute atomic E-state index is 12.0. The molecule has 15 heteroatoms. The highest BCUT2D eigenvalue weighted by Gasteiger charge is 2.30. The van der Waals surface area contributed by atoms with Gasteiger partial charge in [-0.05, 0) is 34.6 Å². The van der Waals surface area contributed by atoms with Crippen molar-refractivity contribution in [1.29, 1.82) is 0 Å². The second-order valence-corrected chi connectivity index (χ2v) is 10.7. The third kappa shape index (κ3) is 25.6. The number of hydrogen-bond donors (Lipinski definition) is 2. The fraction of sp³-hybridized carbons (Fsp3) is 0.833. The molecule has 0 aromatic carbocycles. The molecule has 0 radical (unpaired) electrons. The van der Waals surface area contributed by atoms with E-state index in [9.17, 15) is 23.5 Å². The molecule has 12 nitrogen and oxygen atoms in total. The number of carbonyl (C=O) groups is 3. The summed E-state index contributed by atoms with van der Waals surface area (Å²) in [6, 6.07) is 0. The van der Waals surface area contributed by atoms with Crippen molar-refractivity contribution in [1.82, 2.24) is 0 Å². The number of esters is 3. The van der Waals surface area contributed by atoms with E-state index in [0.717, 1.165) is 6.66 Å². The lowest BCUT2D eigenvalue weighted by atomic mass is 10.2. The molecule has 0 saturated heterocycles. The van der Waals surface area contributed by atoms with Crippen molar-refractivity contribution in [2.45, 2.75) is 53.8 Å². The monoisotopic (exact) mass is 586 g/mol. The van der Waals surface area contributed by atoms with Crippen LogP contribution >= 0.6 is 31.1 Å². The SMILES string of the molecule is CCOC(=O)C(C)CBr.CCOC(=O)C(C)OP(C)(=O)OC(C)C(=O)OCC.CP(=O)(O)O. The molecule has 0 aliphatic rings. The van der Waals surface area contributed by atoms with Gasteiger partial charge in [-0.25, -0.2) is 9.59 Å². The first-order valence-corrected chi connectivity index (χ1v) is 15.2. The molecule has 2 N–H and O–H groups in total. The number of rotatable bonds is 11. The molecule has 0 aliphatic heterocycles. The van der Waals surface area contributed by atoms with Gasteiger partial charge in [-0.15, -0.1) is 0 Å². The number of hydrogen-bond acceptors (Lipinski definition) is 10. The quantitative estimate of drug-likeness (QED) is 0.157. The van der Waals surface area contributed by atoms with Crippen molar-refractivity contribution in [2.75, 3.05) is 38.5 Å². The Bertz CT molecular complexity index is 629. The maximum atomic E-state index is 12.0. The molecule has 0 saturated carbocycles. The van der Waals surface area contributed by atoms with E-state index in [1.165, 1.54) is 20.5 Å². The van der Waals surface area contributed by atoms with Crippen LogP contribution in [-0.2, 0) is 46.8 Å². The second kappa shape index (κ2) is 19.5. The Kier molecular flexibility index (Phi) is 21.7. The molecule has 0 rings (SSSR count). The molecule has 0 spiro atoms. The van der Waals surface area contributed by atoms with Crippen LogP contribution in [0.15, 0.2) is 0 Å². The summed E-state index contributed by atoms with van der Waals surface area (Å²) in [5.41, 5.74) is 0. The third-order valence-corrected chi connectivity index (χ3v) is 5.23. The lowest BCUT2D eigenvalue weighted by molar-refractivity contribution is -0.152. The van der Waals surface area contributed by atoms with Gasteiger partial charge in [-0.2, -0.15) is 0 Å². The summed E-state index contributed by atoms with van der Waals surface area (Å²) in [7, 11) is -7.20. The zero-order chi connectivity index (χ0) is 26.8. The van der Waals surface area contributed by atoms with Crippen LogP contribution in [0.4, 0.5) is 0 Å². The summed E-state index contributed by atoms with van der Waals surface area (Å²) in [6.07, 6.45) is -2.07. The molecule has 0 aliphatic carbocycles. The van der Waals surface area contributed by atoms with Crippen LogP contribution < -0.4 is 0 Å². The van der Waals surface area contributed by atoms with Gasteiger partial charge in [0.05, 0.1) is 25.7 Å². The minimum Gasteiger partial charge on any atom is -0.466 e. The molecule has 3 atom stereocenters. The molecule has 0 bridgehead atoms. The topological polar surface area (TPSA) is 172 Å². The van der Waals surface area contributed by atoms with Crippen LogP contribution in [0.25, 0.3) is 0 Å². The van der Waals surface area contributed by atoms with Crippen molar-refractivity contribution in [3.8, 4) is 0 Å². The van der Waals surface area contributed by atoms with Crippen LogP contribution in [0.3, 0.4) is 0 Å². The first-order valence-electron chi connectivity index (χ1n) is 9.98. The summed E-state index contributed by atoms with van der Waals surface area (Å²) in [5.74, 6) is -1.44. The molecule has 198 valence electrons. The van der Waals surface area contributed by atoms with Gasteiger partial charge in [0.25, 0.3) is 0 Å². The standard InChI is InChI=1S/C11H21O7P.C6H11BrO2.CH5O3P/c1-6-15-10(12)8(3)17-19(5,14)18-9(4)11(13)16-7-2;1-3-9-6(8)5(2)4-7;1-5(2,3)4/h8-9H,6-7H2,1-5H3;5H,3-4H2,1-2H3;1H3,(H2,2,3,4). The zero-order valence-corrected chi connectivity index (χ0v) is 23.7. The van der Waals surface area contributed by atoms with E-state index in [-0.39, 0.29) is 25.1 Å². The Hall–Kier alpha value is -0.810. The van der Waals surface area contributed by atoms with Crippen LogP contribution in [0.1, 0.15) is 41.5 Å². The smallest absolute Gasteiger partial charge is 0.335 e. The molecule has 0 aromatic rings. The number of ether oxygens (including phenoxy) is 3. The van der Waals surface area contributed by atoms with Crippen LogP contribution in [-0.4, -0.2) is 78.4 Å². The fourth-order valence-electron chi connectivity index (χ4n) is 1.55. The van der Waals surface area contributed by atoms with E-state index in [2.05, 4.69) is 15.9 Å². The van der Waals surface area contributed by atoms with Gasteiger partial charge < -0.3 is 24.0 Å². The molecule has 0 aromatic heterocycles. The largest absolute Gasteiger partial charge is 0.466 e. The Morgan fingerprint density at radius 2 is 1.03 bits per heavy atom. The highest BCUT2D eigenvalue weighted by Crippen LogP contribution is 2.46. The van der Waals surface area contributed by atoms with Gasteiger partial charge in [0.2, 0.25) is 0 Å². The summed E-state index contributed by atoms with van der Waals surface area (Å²) in [5, 5.41) is 0.672. The summed E-state index contributed by atoms with van der Waals surface area (Å²) in [6.45, 7) is 12.6. The Morgan fingerprint density at radius 1 is 0.758 bits per heavy atom. The molecule has 0 amide bonds. The normalized spacial score (nSPS) is 15.1. The van der Waals surface area contributed by atoms with Gasteiger partial charge in [0.1, 0.15) is 0 Å². The molecule has 33 heavy (non-hydrogen) atoms. The summed E-state index contributed by atoms with van der Waals surface area (Å²) in [4.78, 5) is 48.6. The fourth-order valence-corrected chi connectivity index (χ4v) is 3.19. The van der Waals surface area contributed by atoms with Gasteiger partial charge in [-0.3, -0.25) is 23.0 Å². The minimum atomic E-state index is -3.64. The summed E-state index contributed by atoms with van der Waals surface area (Å²) < 4.78 is 45.5. The van der Waals surface area contributed by atoms with E-state index in [1.54, 1.807) is 20.8 Å². The molecule has 3 unspecified atom stereocenters. The average Bonchev–Trinajstić information content (AvgIpc) is 2.66. The van der Waals surface area contributed by atoms with E-state index >= 15 is 0 Å². The van der Waals surface area contributed by atoms with E-state index in [0.29, 0.717) is 11.9 Å². The highest BCUT2D eigenvalue weighted by molar-refractivity contribution is 9.09. The first kappa shape index (κ1) is 36.8. The maximum Gasteiger partial charge on any atom is 0.335 e. The van der Waals surface area contributed by atoms with Crippen LogP contribution in [0.5, 0.6) is 0 Å². The van der Waals surface area contributed by atoms with Gasteiger partial charge in [0, 0.05) is 18.7 Å². The lowest BCUT2D eigenvalue weighted by Gasteiger charge is -2.20. The van der Waals surface area contributed by atoms with Crippen molar-refractivity contribution in [2.24, 2.45) is 5.92 Å². The molecular weight excluding hydrogens is 550 g/mol. The van der Waals surface area contributed by atoms with E-state index in [1.807, 2.05) is 6.92 Å². The predicted octanol–water partition coefficient (Wildman–Crippen LogP) is 3.12. The Balaban J connectivity index is -0.000000529. The van der Waals surface area contributed by atoms with Crippen molar-refractivity contribution < 1.29 is 56.6 Å². The lowest BCUT2D eigenvalue weighted by Crippen LogP contribution is -2.26. The van der Waals surface area contributed by atoms with Gasteiger partial charge >= 0.3 is 33.1 Å². The molecule has 0 heterocycles. The van der Waals surface area contributed by atoms with Crippen LogP contribution in [0.2, 0.25) is 0 Å². The van der Waals surface area contributed by atoms with Crippen molar-refractivity contribution >= 4 is 49.0 Å². The highest BCUT2D eigenvalue weighted by atomic mass is 79.9. The van der Waals surface area contributed by atoms with Crippen molar-refractivity contribution in [3.63, 3.8) is 0 Å². The zero-order valence-electron chi connectivity index (χ0n) is 20.3. The minimum absolute atomic E-state index is 0.0232.